The fraction of sp³-hybridized carbons (Fsp3) is 0.714. The van der Waals surface area contributed by atoms with Gasteiger partial charge < -0.3 is 10.1 Å². The van der Waals surface area contributed by atoms with Crippen molar-refractivity contribution >= 4 is 12.2 Å². The monoisotopic (exact) mass is 173 g/mol. The predicted octanol–water partition coefficient (Wildman–Crippen LogP) is -1.21. The number of rotatable bonds is 5. The van der Waals surface area contributed by atoms with E-state index in [-0.39, 0.29) is 18.4 Å². The molecule has 0 aliphatic carbocycles. The topological polar surface area (TPSA) is 84.2 Å². The third-order valence-electron chi connectivity index (χ3n) is 1.49. The summed E-state index contributed by atoms with van der Waals surface area (Å²) >= 11 is 0. The molecule has 0 fully saturated rings. The molecule has 1 amide bonds. The molecular formula is C7H15N3O2. The van der Waals surface area contributed by atoms with Gasteiger partial charge >= 0.3 is 0 Å². The van der Waals surface area contributed by atoms with Crippen LogP contribution in [0.2, 0.25) is 0 Å². The third-order valence-corrected chi connectivity index (χ3v) is 1.49. The number of amides is 1. The highest BCUT2D eigenvalue weighted by atomic mass is 16.2. The normalized spacial score (nSPS) is 12.7. The Kier molecular flexibility index (Phi) is 5.23. The van der Waals surface area contributed by atoms with Crippen LogP contribution >= 0.6 is 0 Å². The minimum atomic E-state index is -0.440. The lowest BCUT2D eigenvalue weighted by Gasteiger charge is -2.17. The van der Waals surface area contributed by atoms with E-state index in [0.717, 1.165) is 0 Å². The zero-order valence-electron chi connectivity index (χ0n) is 7.33. The molecule has 0 heterocycles. The smallest absolute Gasteiger partial charge is 0.239 e. The maximum absolute atomic E-state index is 11.2. The van der Waals surface area contributed by atoms with Gasteiger partial charge in [-0.2, -0.15) is 0 Å². The van der Waals surface area contributed by atoms with Gasteiger partial charge in [-0.15, -0.1) is 0 Å². The summed E-state index contributed by atoms with van der Waals surface area (Å²) in [7, 11) is 0. The lowest BCUT2D eigenvalue weighted by atomic mass is 10.0. The Morgan fingerprint density at radius 2 is 2.17 bits per heavy atom. The van der Waals surface area contributed by atoms with Crippen LogP contribution in [0.3, 0.4) is 0 Å². The van der Waals surface area contributed by atoms with Crippen molar-refractivity contribution in [2.45, 2.75) is 19.9 Å². The summed E-state index contributed by atoms with van der Waals surface area (Å²) in [6, 6.07) is -0.440. The quantitative estimate of drug-likeness (QED) is 0.277. The van der Waals surface area contributed by atoms with Crippen LogP contribution in [0.1, 0.15) is 13.8 Å². The Morgan fingerprint density at radius 1 is 1.58 bits per heavy atom. The SMILES string of the molecule is CC(C)[C@H](NN)C(=O)NCC=O. The van der Waals surface area contributed by atoms with Crippen molar-refractivity contribution in [3.63, 3.8) is 0 Å². The maximum atomic E-state index is 11.2. The molecule has 4 N–H and O–H groups in total. The second-order valence-electron chi connectivity index (χ2n) is 2.80. The van der Waals surface area contributed by atoms with Gasteiger partial charge in [-0.3, -0.25) is 10.6 Å². The van der Waals surface area contributed by atoms with E-state index in [9.17, 15) is 9.59 Å². The van der Waals surface area contributed by atoms with Crippen LogP contribution in [0.4, 0.5) is 0 Å². The average Bonchev–Trinajstić information content (AvgIpc) is 2.01. The number of aldehydes is 1. The van der Waals surface area contributed by atoms with Gasteiger partial charge in [0.05, 0.1) is 6.54 Å². The molecule has 0 bridgehead atoms. The van der Waals surface area contributed by atoms with Crippen molar-refractivity contribution in [3.05, 3.63) is 0 Å². The summed E-state index contributed by atoms with van der Waals surface area (Å²) in [6.45, 7) is 3.76. The zero-order valence-corrected chi connectivity index (χ0v) is 7.33. The molecule has 0 aliphatic heterocycles. The first-order valence-electron chi connectivity index (χ1n) is 3.81. The van der Waals surface area contributed by atoms with Crippen molar-refractivity contribution in [2.75, 3.05) is 6.54 Å². The van der Waals surface area contributed by atoms with E-state index in [1.165, 1.54) is 0 Å². The maximum Gasteiger partial charge on any atom is 0.239 e. The van der Waals surface area contributed by atoms with Gasteiger partial charge in [0.2, 0.25) is 5.91 Å². The minimum Gasteiger partial charge on any atom is -0.348 e. The number of carbonyl (C=O) groups excluding carboxylic acids is 2. The summed E-state index contributed by atoms with van der Waals surface area (Å²) < 4.78 is 0. The second kappa shape index (κ2) is 5.68. The minimum absolute atomic E-state index is 0.0315. The molecule has 0 rings (SSSR count). The Balaban J connectivity index is 3.94. The third kappa shape index (κ3) is 3.45. The number of nitrogens with two attached hydrogens (primary N) is 1. The Bertz CT molecular complexity index is 159. The summed E-state index contributed by atoms with van der Waals surface area (Å²) in [5.74, 6) is 5.00. The van der Waals surface area contributed by atoms with Crippen LogP contribution in [0, 0.1) is 5.92 Å². The number of hydrazine groups is 1. The lowest BCUT2D eigenvalue weighted by Crippen LogP contribution is -2.50. The standard InChI is InChI=1S/C7H15N3O2/c1-5(2)6(10-8)7(12)9-3-4-11/h4-6,10H,3,8H2,1-2H3,(H,9,12)/t6-/m0/s1. The molecule has 0 saturated carbocycles. The lowest BCUT2D eigenvalue weighted by molar-refractivity contribution is -0.125. The molecule has 12 heavy (non-hydrogen) atoms. The molecule has 1 atom stereocenters. The number of nitrogens with one attached hydrogen (secondary N) is 2. The van der Waals surface area contributed by atoms with Crippen LogP contribution in [-0.4, -0.2) is 24.8 Å². The highest BCUT2D eigenvalue weighted by Crippen LogP contribution is 1.99. The summed E-state index contributed by atoms with van der Waals surface area (Å²) in [5, 5.41) is 2.42. The predicted molar refractivity (Wildman–Crippen MR) is 45.0 cm³/mol. The van der Waals surface area contributed by atoms with Crippen LogP contribution in [0.25, 0.3) is 0 Å². The zero-order chi connectivity index (χ0) is 9.56. The number of hydrogen-bond acceptors (Lipinski definition) is 4. The van der Waals surface area contributed by atoms with Crippen LogP contribution in [0.5, 0.6) is 0 Å². The molecule has 0 aromatic carbocycles. The van der Waals surface area contributed by atoms with Gasteiger partial charge in [-0.05, 0) is 5.92 Å². The molecule has 5 nitrogen and oxygen atoms in total. The van der Waals surface area contributed by atoms with Crippen molar-refractivity contribution in [1.29, 1.82) is 0 Å². The van der Waals surface area contributed by atoms with Crippen LogP contribution in [0.15, 0.2) is 0 Å². The highest BCUT2D eigenvalue weighted by molar-refractivity contribution is 5.83. The second-order valence-corrected chi connectivity index (χ2v) is 2.80. The van der Waals surface area contributed by atoms with E-state index in [1.807, 2.05) is 13.8 Å². The van der Waals surface area contributed by atoms with Crippen molar-refractivity contribution < 1.29 is 9.59 Å². The average molecular weight is 173 g/mol. The fourth-order valence-corrected chi connectivity index (χ4v) is 0.823. The van der Waals surface area contributed by atoms with E-state index in [2.05, 4.69) is 10.7 Å². The summed E-state index contributed by atoms with van der Waals surface area (Å²) in [4.78, 5) is 21.1. The molecule has 0 saturated heterocycles. The molecule has 0 radical (unpaired) electrons. The fourth-order valence-electron chi connectivity index (χ4n) is 0.823. The molecule has 0 spiro atoms. The molecule has 70 valence electrons. The Labute approximate surface area is 71.7 Å². The van der Waals surface area contributed by atoms with Gasteiger partial charge in [0.25, 0.3) is 0 Å². The Hall–Kier alpha value is -0.940. The summed E-state index contributed by atoms with van der Waals surface area (Å²) in [6.07, 6.45) is 0.631. The molecular weight excluding hydrogens is 158 g/mol. The number of carbonyl (C=O) groups is 2. The van der Waals surface area contributed by atoms with Crippen LogP contribution in [-0.2, 0) is 9.59 Å². The van der Waals surface area contributed by atoms with Gasteiger partial charge in [-0.1, -0.05) is 13.8 Å². The Morgan fingerprint density at radius 3 is 2.50 bits per heavy atom. The highest BCUT2D eigenvalue weighted by Gasteiger charge is 2.19. The van der Waals surface area contributed by atoms with Gasteiger partial charge in [-0.25, -0.2) is 5.43 Å². The van der Waals surface area contributed by atoms with Crippen molar-refractivity contribution in [3.8, 4) is 0 Å². The van der Waals surface area contributed by atoms with Crippen molar-refractivity contribution in [2.24, 2.45) is 11.8 Å². The van der Waals surface area contributed by atoms with E-state index in [0.29, 0.717) is 6.29 Å². The van der Waals surface area contributed by atoms with Gasteiger partial charge in [0.15, 0.2) is 0 Å². The van der Waals surface area contributed by atoms with E-state index in [4.69, 9.17) is 5.84 Å². The molecule has 0 aliphatic rings. The van der Waals surface area contributed by atoms with E-state index < -0.39 is 6.04 Å². The first-order valence-corrected chi connectivity index (χ1v) is 3.81. The first kappa shape index (κ1) is 11.1. The molecule has 0 aromatic rings. The molecule has 5 heteroatoms. The summed E-state index contributed by atoms with van der Waals surface area (Å²) in [5.41, 5.74) is 2.38. The molecule has 0 aromatic heterocycles. The van der Waals surface area contributed by atoms with Gasteiger partial charge in [0, 0.05) is 0 Å². The van der Waals surface area contributed by atoms with Crippen molar-refractivity contribution in [1.82, 2.24) is 10.7 Å². The largest absolute Gasteiger partial charge is 0.348 e. The number of hydrogen-bond donors (Lipinski definition) is 3. The first-order chi connectivity index (χ1) is 5.63. The molecule has 0 unspecified atom stereocenters. The van der Waals surface area contributed by atoms with Gasteiger partial charge in [0.1, 0.15) is 12.3 Å². The van der Waals surface area contributed by atoms with E-state index >= 15 is 0 Å². The van der Waals surface area contributed by atoms with Crippen LogP contribution < -0.4 is 16.6 Å². The van der Waals surface area contributed by atoms with E-state index in [1.54, 1.807) is 0 Å².